The fourth-order valence-corrected chi connectivity index (χ4v) is 1.95. The standard InChI is InChI=1S/C12H10Cl2N2.2C2H6/c1-7-11(12(14)8(2)16-15-7)9-3-5-10(13)6-4-9;2*1-2/h3-6H,1-2H3;2*1-2H3. The van der Waals surface area contributed by atoms with Crippen molar-refractivity contribution in [2.24, 2.45) is 0 Å². The molecule has 1 aromatic carbocycles. The van der Waals surface area contributed by atoms with E-state index >= 15 is 0 Å². The Morgan fingerprint density at radius 3 is 1.70 bits per heavy atom. The van der Waals surface area contributed by atoms with Crippen molar-refractivity contribution in [1.29, 1.82) is 0 Å². The molecule has 0 N–H and O–H groups in total. The molecule has 0 amide bonds. The molecule has 1 heterocycles. The first-order valence-electron chi connectivity index (χ1n) is 6.85. The molecule has 20 heavy (non-hydrogen) atoms. The summed E-state index contributed by atoms with van der Waals surface area (Å²) in [7, 11) is 0. The van der Waals surface area contributed by atoms with Crippen LogP contribution in [-0.4, -0.2) is 10.2 Å². The lowest BCUT2D eigenvalue weighted by Gasteiger charge is -2.08. The molecule has 2 aromatic rings. The summed E-state index contributed by atoms with van der Waals surface area (Å²) in [6, 6.07) is 7.53. The SMILES string of the molecule is CC.CC.Cc1nnc(C)c(-c2ccc(Cl)cc2)c1Cl. The van der Waals surface area contributed by atoms with Gasteiger partial charge in [0.2, 0.25) is 0 Å². The monoisotopic (exact) mass is 312 g/mol. The molecule has 0 fully saturated rings. The third-order valence-corrected chi connectivity index (χ3v) is 3.10. The summed E-state index contributed by atoms with van der Waals surface area (Å²) < 4.78 is 0. The Kier molecular flexibility index (Phi) is 9.19. The van der Waals surface area contributed by atoms with Crippen LogP contribution < -0.4 is 0 Å². The number of nitrogens with zero attached hydrogens (tertiary/aromatic N) is 2. The summed E-state index contributed by atoms with van der Waals surface area (Å²) in [5.74, 6) is 0. The Labute approximate surface area is 132 Å². The molecule has 0 unspecified atom stereocenters. The van der Waals surface area contributed by atoms with E-state index in [0.717, 1.165) is 22.5 Å². The second-order valence-electron chi connectivity index (χ2n) is 3.57. The van der Waals surface area contributed by atoms with Crippen molar-refractivity contribution in [2.75, 3.05) is 0 Å². The topological polar surface area (TPSA) is 25.8 Å². The van der Waals surface area contributed by atoms with Crippen molar-refractivity contribution in [1.82, 2.24) is 10.2 Å². The number of hydrogen-bond donors (Lipinski definition) is 0. The zero-order valence-electron chi connectivity index (χ0n) is 13.0. The van der Waals surface area contributed by atoms with Crippen LogP contribution in [0.1, 0.15) is 39.1 Å². The highest BCUT2D eigenvalue weighted by molar-refractivity contribution is 6.34. The Bertz CT molecular complexity index is 523. The Hall–Kier alpha value is -1.12. The molecular formula is C16H22Cl2N2. The maximum absolute atomic E-state index is 6.24. The fourth-order valence-electron chi connectivity index (χ4n) is 1.54. The van der Waals surface area contributed by atoms with E-state index in [0.29, 0.717) is 10.0 Å². The lowest BCUT2D eigenvalue weighted by atomic mass is 10.0. The molecule has 0 saturated carbocycles. The van der Waals surface area contributed by atoms with Gasteiger partial charge in [0.15, 0.2) is 0 Å². The Morgan fingerprint density at radius 2 is 1.20 bits per heavy atom. The second kappa shape index (κ2) is 9.73. The molecule has 0 atom stereocenters. The minimum Gasteiger partial charge on any atom is -0.155 e. The van der Waals surface area contributed by atoms with Crippen molar-refractivity contribution >= 4 is 23.2 Å². The number of rotatable bonds is 1. The van der Waals surface area contributed by atoms with Gasteiger partial charge in [0.05, 0.1) is 16.4 Å². The van der Waals surface area contributed by atoms with Crippen LogP contribution in [0.25, 0.3) is 11.1 Å². The van der Waals surface area contributed by atoms with Crippen LogP contribution in [0.2, 0.25) is 10.0 Å². The van der Waals surface area contributed by atoms with E-state index < -0.39 is 0 Å². The van der Waals surface area contributed by atoms with Crippen molar-refractivity contribution in [3.63, 3.8) is 0 Å². The first-order chi connectivity index (χ1) is 9.59. The molecule has 2 rings (SSSR count). The van der Waals surface area contributed by atoms with Gasteiger partial charge in [-0.15, -0.1) is 0 Å². The zero-order valence-corrected chi connectivity index (χ0v) is 14.5. The van der Waals surface area contributed by atoms with Crippen molar-refractivity contribution in [3.05, 3.63) is 45.7 Å². The third-order valence-electron chi connectivity index (χ3n) is 2.38. The molecule has 0 saturated heterocycles. The van der Waals surface area contributed by atoms with Gasteiger partial charge < -0.3 is 0 Å². The average Bonchev–Trinajstić information content (AvgIpc) is 2.49. The van der Waals surface area contributed by atoms with Crippen LogP contribution in [0.5, 0.6) is 0 Å². The smallest absolute Gasteiger partial charge is 0.0792 e. The second-order valence-corrected chi connectivity index (χ2v) is 4.38. The highest BCUT2D eigenvalue weighted by Crippen LogP contribution is 2.31. The molecule has 110 valence electrons. The predicted molar refractivity (Wildman–Crippen MR) is 89.7 cm³/mol. The first-order valence-corrected chi connectivity index (χ1v) is 7.60. The molecule has 0 aliphatic rings. The Morgan fingerprint density at radius 1 is 0.750 bits per heavy atom. The largest absolute Gasteiger partial charge is 0.155 e. The number of benzene rings is 1. The van der Waals surface area contributed by atoms with E-state index in [1.807, 2.05) is 65.8 Å². The summed E-state index contributed by atoms with van der Waals surface area (Å²) in [5.41, 5.74) is 3.48. The minimum absolute atomic E-state index is 0.648. The van der Waals surface area contributed by atoms with Gasteiger partial charge in [-0.3, -0.25) is 0 Å². The predicted octanol–water partition coefficient (Wildman–Crippen LogP) is 6.12. The van der Waals surface area contributed by atoms with Gasteiger partial charge in [-0.1, -0.05) is 63.0 Å². The Balaban J connectivity index is 0.000000829. The van der Waals surface area contributed by atoms with Gasteiger partial charge in [-0.05, 0) is 31.5 Å². The number of aromatic nitrogens is 2. The molecular weight excluding hydrogens is 291 g/mol. The summed E-state index contributed by atoms with van der Waals surface area (Å²) in [5, 5.41) is 9.40. The quantitative estimate of drug-likeness (QED) is 0.634. The molecule has 0 aliphatic carbocycles. The lowest BCUT2D eigenvalue weighted by molar-refractivity contribution is 0.944. The van der Waals surface area contributed by atoms with Crippen molar-refractivity contribution in [3.8, 4) is 11.1 Å². The number of halogens is 2. The first kappa shape index (κ1) is 18.9. The maximum Gasteiger partial charge on any atom is 0.0792 e. The molecule has 1 aromatic heterocycles. The number of aryl methyl sites for hydroxylation is 2. The highest BCUT2D eigenvalue weighted by Gasteiger charge is 2.11. The van der Waals surface area contributed by atoms with E-state index in [1.54, 1.807) is 0 Å². The van der Waals surface area contributed by atoms with Crippen LogP contribution >= 0.6 is 23.2 Å². The van der Waals surface area contributed by atoms with Gasteiger partial charge in [-0.2, -0.15) is 10.2 Å². The van der Waals surface area contributed by atoms with Gasteiger partial charge in [0.1, 0.15) is 0 Å². The van der Waals surface area contributed by atoms with Gasteiger partial charge in [0.25, 0.3) is 0 Å². The lowest BCUT2D eigenvalue weighted by Crippen LogP contribution is -1.96. The minimum atomic E-state index is 0.648. The highest BCUT2D eigenvalue weighted by atomic mass is 35.5. The van der Waals surface area contributed by atoms with Gasteiger partial charge in [0, 0.05) is 10.6 Å². The molecule has 4 heteroatoms. The maximum atomic E-state index is 6.24. The summed E-state index contributed by atoms with van der Waals surface area (Å²) >= 11 is 12.1. The van der Waals surface area contributed by atoms with Crippen molar-refractivity contribution in [2.45, 2.75) is 41.5 Å². The van der Waals surface area contributed by atoms with E-state index in [1.165, 1.54) is 0 Å². The van der Waals surface area contributed by atoms with Crippen LogP contribution in [-0.2, 0) is 0 Å². The van der Waals surface area contributed by atoms with E-state index in [-0.39, 0.29) is 0 Å². The summed E-state index contributed by atoms with van der Waals surface area (Å²) in [4.78, 5) is 0. The van der Waals surface area contributed by atoms with Crippen LogP contribution in [0.15, 0.2) is 24.3 Å². The number of hydrogen-bond acceptors (Lipinski definition) is 2. The third kappa shape index (κ3) is 4.77. The zero-order chi connectivity index (χ0) is 15.7. The molecule has 0 bridgehead atoms. The molecule has 0 aliphatic heterocycles. The van der Waals surface area contributed by atoms with E-state index in [4.69, 9.17) is 23.2 Å². The summed E-state index contributed by atoms with van der Waals surface area (Å²) in [6.07, 6.45) is 0. The molecule has 0 radical (unpaired) electrons. The van der Waals surface area contributed by atoms with Crippen molar-refractivity contribution < 1.29 is 0 Å². The average molecular weight is 313 g/mol. The van der Waals surface area contributed by atoms with Crippen LogP contribution in [0, 0.1) is 13.8 Å². The van der Waals surface area contributed by atoms with E-state index in [2.05, 4.69) is 10.2 Å². The van der Waals surface area contributed by atoms with E-state index in [9.17, 15) is 0 Å². The summed E-state index contributed by atoms with van der Waals surface area (Å²) in [6.45, 7) is 11.7. The molecule has 0 spiro atoms. The molecule has 2 nitrogen and oxygen atoms in total. The normalized spacial score (nSPS) is 9.00. The van der Waals surface area contributed by atoms with Gasteiger partial charge in [-0.25, -0.2) is 0 Å². The van der Waals surface area contributed by atoms with Gasteiger partial charge >= 0.3 is 0 Å². The van der Waals surface area contributed by atoms with Crippen LogP contribution in [0.3, 0.4) is 0 Å². The fraction of sp³-hybridized carbons (Fsp3) is 0.375. The van der Waals surface area contributed by atoms with Crippen LogP contribution in [0.4, 0.5) is 0 Å².